The maximum atomic E-state index is 3.88. The van der Waals surface area contributed by atoms with Crippen molar-refractivity contribution < 1.29 is 0 Å². The first kappa shape index (κ1) is 10.8. The smallest absolute Gasteiger partial charge is 0.0574 e. The van der Waals surface area contributed by atoms with E-state index in [1.807, 2.05) is 6.07 Å². The Bertz CT molecular complexity index is 452. The number of rotatable bonds is 1. The zero-order valence-electron chi connectivity index (χ0n) is 9.94. The molecule has 2 nitrogen and oxygen atoms in total. The van der Waals surface area contributed by atoms with E-state index in [0.717, 1.165) is 5.56 Å². The van der Waals surface area contributed by atoms with E-state index in [1.54, 1.807) is 12.4 Å². The minimum atomic E-state index is 0.203. The van der Waals surface area contributed by atoms with Gasteiger partial charge in [-0.3, -0.25) is 0 Å². The van der Waals surface area contributed by atoms with Gasteiger partial charge in [-0.15, -0.1) is 0 Å². The Morgan fingerprint density at radius 1 is 0.812 bits per heavy atom. The lowest BCUT2D eigenvalue weighted by Gasteiger charge is -2.19. The molecule has 1 heterocycles. The Hall–Kier alpha value is -1.70. The van der Waals surface area contributed by atoms with E-state index in [0.29, 0.717) is 0 Å². The van der Waals surface area contributed by atoms with Gasteiger partial charge in [0, 0.05) is 5.56 Å². The SMILES string of the molecule is CC(C)(C)c1ccc(-c2ccnnc2)cc1. The Morgan fingerprint density at radius 2 is 1.50 bits per heavy atom. The monoisotopic (exact) mass is 212 g/mol. The molecule has 0 unspecified atom stereocenters. The van der Waals surface area contributed by atoms with Crippen molar-refractivity contribution >= 4 is 0 Å². The van der Waals surface area contributed by atoms with Gasteiger partial charge in [0.1, 0.15) is 0 Å². The largest absolute Gasteiger partial charge is 0.159 e. The van der Waals surface area contributed by atoms with Gasteiger partial charge in [0.15, 0.2) is 0 Å². The highest BCUT2D eigenvalue weighted by Crippen LogP contribution is 2.25. The molecular weight excluding hydrogens is 196 g/mol. The lowest BCUT2D eigenvalue weighted by molar-refractivity contribution is 0.590. The average Bonchev–Trinajstić information content (AvgIpc) is 2.29. The molecule has 0 aliphatic rings. The number of nitrogens with zero attached hydrogens (tertiary/aromatic N) is 2. The average molecular weight is 212 g/mol. The van der Waals surface area contributed by atoms with Crippen molar-refractivity contribution in [3.05, 3.63) is 48.3 Å². The third kappa shape index (κ3) is 2.27. The van der Waals surface area contributed by atoms with Crippen LogP contribution < -0.4 is 0 Å². The first-order valence-electron chi connectivity index (χ1n) is 5.45. The van der Waals surface area contributed by atoms with Gasteiger partial charge in [-0.2, -0.15) is 10.2 Å². The number of hydrogen-bond donors (Lipinski definition) is 0. The molecule has 1 aromatic heterocycles. The molecule has 2 heteroatoms. The van der Waals surface area contributed by atoms with Crippen LogP contribution in [0.15, 0.2) is 42.7 Å². The van der Waals surface area contributed by atoms with Gasteiger partial charge in [-0.05, 0) is 22.6 Å². The molecule has 0 amide bonds. The fourth-order valence-electron chi connectivity index (χ4n) is 1.62. The number of benzene rings is 1. The van der Waals surface area contributed by atoms with E-state index in [2.05, 4.69) is 55.2 Å². The van der Waals surface area contributed by atoms with Crippen LogP contribution in [-0.4, -0.2) is 10.2 Å². The molecule has 0 atom stereocenters. The van der Waals surface area contributed by atoms with Crippen LogP contribution in [-0.2, 0) is 5.41 Å². The highest BCUT2D eigenvalue weighted by atomic mass is 15.1. The minimum Gasteiger partial charge on any atom is -0.159 e. The number of aromatic nitrogens is 2. The van der Waals surface area contributed by atoms with Gasteiger partial charge >= 0.3 is 0 Å². The standard InChI is InChI=1S/C14H16N2/c1-14(2,3)13-6-4-11(5-7-13)12-8-9-15-16-10-12/h4-10H,1-3H3. The molecule has 16 heavy (non-hydrogen) atoms. The normalized spacial score (nSPS) is 11.4. The van der Waals surface area contributed by atoms with Crippen molar-refractivity contribution in [3.8, 4) is 11.1 Å². The first-order valence-corrected chi connectivity index (χ1v) is 5.45. The Balaban J connectivity index is 2.34. The van der Waals surface area contributed by atoms with Gasteiger partial charge in [0.2, 0.25) is 0 Å². The summed E-state index contributed by atoms with van der Waals surface area (Å²) in [4.78, 5) is 0. The highest BCUT2D eigenvalue weighted by molar-refractivity contribution is 5.62. The third-order valence-electron chi connectivity index (χ3n) is 2.67. The van der Waals surface area contributed by atoms with Crippen molar-refractivity contribution in [2.45, 2.75) is 26.2 Å². The summed E-state index contributed by atoms with van der Waals surface area (Å²) < 4.78 is 0. The molecule has 1 aromatic carbocycles. The Labute approximate surface area is 96.4 Å². The summed E-state index contributed by atoms with van der Waals surface area (Å²) in [6.45, 7) is 6.65. The Kier molecular flexibility index (Phi) is 2.73. The molecule has 0 spiro atoms. The van der Waals surface area contributed by atoms with Gasteiger partial charge < -0.3 is 0 Å². The second-order valence-corrected chi connectivity index (χ2v) is 4.96. The fourth-order valence-corrected chi connectivity index (χ4v) is 1.62. The zero-order valence-corrected chi connectivity index (χ0v) is 9.94. The second kappa shape index (κ2) is 4.05. The summed E-state index contributed by atoms with van der Waals surface area (Å²) in [5.74, 6) is 0. The van der Waals surface area contributed by atoms with Gasteiger partial charge in [-0.25, -0.2) is 0 Å². The molecule has 0 radical (unpaired) electrons. The van der Waals surface area contributed by atoms with Crippen LogP contribution in [0.1, 0.15) is 26.3 Å². The van der Waals surface area contributed by atoms with Crippen molar-refractivity contribution in [2.24, 2.45) is 0 Å². The van der Waals surface area contributed by atoms with Crippen molar-refractivity contribution in [2.75, 3.05) is 0 Å². The van der Waals surface area contributed by atoms with E-state index in [9.17, 15) is 0 Å². The highest BCUT2D eigenvalue weighted by Gasteiger charge is 2.12. The van der Waals surface area contributed by atoms with Gasteiger partial charge in [0.25, 0.3) is 0 Å². The van der Waals surface area contributed by atoms with Crippen LogP contribution in [0.4, 0.5) is 0 Å². The van der Waals surface area contributed by atoms with Crippen molar-refractivity contribution in [3.63, 3.8) is 0 Å². The summed E-state index contributed by atoms with van der Waals surface area (Å²) in [7, 11) is 0. The molecule has 82 valence electrons. The van der Waals surface area contributed by atoms with Crippen LogP contribution in [0.5, 0.6) is 0 Å². The molecular formula is C14H16N2. The first-order chi connectivity index (χ1) is 7.57. The lowest BCUT2D eigenvalue weighted by atomic mass is 9.86. The van der Waals surface area contributed by atoms with Crippen LogP contribution in [0, 0.1) is 0 Å². The van der Waals surface area contributed by atoms with Gasteiger partial charge in [-0.1, -0.05) is 45.0 Å². The zero-order chi connectivity index (χ0) is 11.6. The lowest BCUT2D eigenvalue weighted by Crippen LogP contribution is -2.10. The predicted molar refractivity (Wildman–Crippen MR) is 66.2 cm³/mol. The fraction of sp³-hybridized carbons (Fsp3) is 0.286. The van der Waals surface area contributed by atoms with Crippen LogP contribution >= 0.6 is 0 Å². The summed E-state index contributed by atoms with van der Waals surface area (Å²) in [5.41, 5.74) is 3.84. The summed E-state index contributed by atoms with van der Waals surface area (Å²) >= 11 is 0. The molecule has 0 saturated heterocycles. The van der Waals surface area contributed by atoms with Crippen molar-refractivity contribution in [1.82, 2.24) is 10.2 Å². The predicted octanol–water partition coefficient (Wildman–Crippen LogP) is 3.44. The molecule has 0 N–H and O–H groups in total. The molecule has 0 bridgehead atoms. The van der Waals surface area contributed by atoms with Crippen molar-refractivity contribution in [1.29, 1.82) is 0 Å². The third-order valence-corrected chi connectivity index (χ3v) is 2.67. The van der Waals surface area contributed by atoms with E-state index in [1.165, 1.54) is 11.1 Å². The molecule has 0 aliphatic carbocycles. The topological polar surface area (TPSA) is 25.8 Å². The summed E-state index contributed by atoms with van der Waals surface area (Å²) in [5, 5.41) is 7.66. The maximum absolute atomic E-state index is 3.88. The molecule has 0 fully saturated rings. The van der Waals surface area contributed by atoms with Crippen LogP contribution in [0.3, 0.4) is 0 Å². The number of hydrogen-bond acceptors (Lipinski definition) is 2. The molecule has 0 aliphatic heterocycles. The van der Waals surface area contributed by atoms with Gasteiger partial charge in [0.05, 0.1) is 12.4 Å². The van der Waals surface area contributed by atoms with E-state index in [4.69, 9.17) is 0 Å². The second-order valence-electron chi connectivity index (χ2n) is 4.96. The van der Waals surface area contributed by atoms with E-state index < -0.39 is 0 Å². The summed E-state index contributed by atoms with van der Waals surface area (Å²) in [6.07, 6.45) is 3.50. The van der Waals surface area contributed by atoms with E-state index >= 15 is 0 Å². The minimum absolute atomic E-state index is 0.203. The van der Waals surface area contributed by atoms with E-state index in [-0.39, 0.29) is 5.41 Å². The Morgan fingerprint density at radius 3 is 2.00 bits per heavy atom. The molecule has 2 rings (SSSR count). The molecule has 0 saturated carbocycles. The van der Waals surface area contributed by atoms with Crippen LogP contribution in [0.25, 0.3) is 11.1 Å². The maximum Gasteiger partial charge on any atom is 0.0574 e. The quantitative estimate of drug-likeness (QED) is 0.723. The van der Waals surface area contributed by atoms with Crippen LogP contribution in [0.2, 0.25) is 0 Å². The molecule has 2 aromatic rings. The summed E-state index contributed by atoms with van der Waals surface area (Å²) in [6, 6.07) is 10.6.